The Balaban J connectivity index is 2.34. The molecule has 1 heterocycles. The number of halogens is 1. The number of nitrogens with zero attached hydrogens (tertiary/aromatic N) is 2. The molecule has 4 heteroatoms. The van der Waals surface area contributed by atoms with Crippen molar-refractivity contribution < 1.29 is 0 Å². The van der Waals surface area contributed by atoms with Crippen molar-refractivity contribution >= 4 is 15.9 Å². The summed E-state index contributed by atoms with van der Waals surface area (Å²) < 4.78 is 3.32. The summed E-state index contributed by atoms with van der Waals surface area (Å²) >= 11 is 3.71. The third kappa shape index (κ3) is 3.11. The van der Waals surface area contributed by atoms with E-state index in [1.165, 1.54) is 31.4 Å². The molecule has 1 aliphatic rings. The Bertz CT molecular complexity index is 439. The van der Waals surface area contributed by atoms with Crippen LogP contribution in [0.5, 0.6) is 0 Å². The molecule has 1 aromatic rings. The second kappa shape index (κ2) is 6.61. The van der Waals surface area contributed by atoms with Crippen molar-refractivity contribution in [3.8, 4) is 0 Å². The standard InChI is InChI=1S/C16H28BrN3/c1-5-10-20-15(13(17)11-19-20)14(18-4)12-8-6-7-9-16(12,2)3/h11-12,14,18H,5-10H2,1-4H3. The molecule has 0 saturated heterocycles. The van der Waals surface area contributed by atoms with Gasteiger partial charge >= 0.3 is 0 Å². The largest absolute Gasteiger partial charge is 0.311 e. The van der Waals surface area contributed by atoms with E-state index in [9.17, 15) is 0 Å². The van der Waals surface area contributed by atoms with Gasteiger partial charge in [-0.1, -0.05) is 33.6 Å². The first-order valence-corrected chi connectivity index (χ1v) is 8.69. The summed E-state index contributed by atoms with van der Waals surface area (Å²) in [6, 6.07) is 0.383. The van der Waals surface area contributed by atoms with Gasteiger partial charge in [-0.25, -0.2) is 0 Å². The Morgan fingerprint density at radius 3 is 2.85 bits per heavy atom. The molecule has 114 valence electrons. The molecule has 20 heavy (non-hydrogen) atoms. The molecule has 0 amide bonds. The first kappa shape index (κ1) is 16.0. The van der Waals surface area contributed by atoms with Crippen LogP contribution in [0.25, 0.3) is 0 Å². The number of aromatic nitrogens is 2. The number of hydrogen-bond acceptors (Lipinski definition) is 2. The van der Waals surface area contributed by atoms with E-state index in [0.29, 0.717) is 17.4 Å². The molecule has 1 aromatic heterocycles. The molecule has 0 radical (unpaired) electrons. The maximum Gasteiger partial charge on any atom is 0.0698 e. The summed E-state index contributed by atoms with van der Waals surface area (Å²) in [5, 5.41) is 8.13. The lowest BCUT2D eigenvalue weighted by Gasteiger charge is -2.43. The molecule has 0 bridgehead atoms. The van der Waals surface area contributed by atoms with E-state index in [4.69, 9.17) is 0 Å². The van der Waals surface area contributed by atoms with Crippen LogP contribution in [0, 0.1) is 11.3 Å². The summed E-state index contributed by atoms with van der Waals surface area (Å²) in [5.41, 5.74) is 1.72. The second-order valence-electron chi connectivity index (χ2n) is 6.71. The van der Waals surface area contributed by atoms with Crippen molar-refractivity contribution in [3.63, 3.8) is 0 Å². The SMILES string of the molecule is CCCn1ncc(Br)c1C(NC)C1CCCCC1(C)C. The Kier molecular flexibility index (Phi) is 5.30. The van der Waals surface area contributed by atoms with Gasteiger partial charge in [0.25, 0.3) is 0 Å². The van der Waals surface area contributed by atoms with Crippen LogP contribution in [0.4, 0.5) is 0 Å². The summed E-state index contributed by atoms with van der Waals surface area (Å²) in [5.74, 6) is 0.671. The molecule has 0 spiro atoms. The molecular weight excluding hydrogens is 314 g/mol. The minimum Gasteiger partial charge on any atom is -0.311 e. The predicted octanol–water partition coefficient (Wildman–Crippen LogP) is 4.53. The highest BCUT2D eigenvalue weighted by atomic mass is 79.9. The molecule has 3 nitrogen and oxygen atoms in total. The number of hydrogen-bond donors (Lipinski definition) is 1. The zero-order valence-electron chi connectivity index (χ0n) is 13.2. The van der Waals surface area contributed by atoms with Crippen molar-refractivity contribution in [1.82, 2.24) is 15.1 Å². The van der Waals surface area contributed by atoms with Gasteiger partial charge in [-0.2, -0.15) is 5.10 Å². The lowest BCUT2D eigenvalue weighted by atomic mass is 9.65. The van der Waals surface area contributed by atoms with E-state index >= 15 is 0 Å². The van der Waals surface area contributed by atoms with E-state index in [0.717, 1.165) is 17.4 Å². The molecule has 0 aromatic carbocycles. The molecule has 0 aliphatic heterocycles. The molecule has 1 fully saturated rings. The van der Waals surface area contributed by atoms with Crippen LogP contribution in [0.3, 0.4) is 0 Å². The average Bonchev–Trinajstić information content (AvgIpc) is 2.75. The van der Waals surface area contributed by atoms with E-state index in [2.05, 4.69) is 58.8 Å². The minimum absolute atomic E-state index is 0.383. The lowest BCUT2D eigenvalue weighted by Crippen LogP contribution is -2.39. The van der Waals surface area contributed by atoms with E-state index in [-0.39, 0.29) is 0 Å². The van der Waals surface area contributed by atoms with Crippen LogP contribution in [0.15, 0.2) is 10.7 Å². The highest BCUT2D eigenvalue weighted by Crippen LogP contribution is 2.47. The van der Waals surface area contributed by atoms with Crippen LogP contribution >= 0.6 is 15.9 Å². The average molecular weight is 342 g/mol. The number of nitrogens with one attached hydrogen (secondary N) is 1. The van der Waals surface area contributed by atoms with Gasteiger partial charge in [-0.15, -0.1) is 0 Å². The predicted molar refractivity (Wildman–Crippen MR) is 87.8 cm³/mol. The van der Waals surface area contributed by atoms with Crippen molar-refractivity contribution in [1.29, 1.82) is 0 Å². The van der Waals surface area contributed by atoms with Gasteiger partial charge in [0, 0.05) is 6.54 Å². The van der Waals surface area contributed by atoms with E-state index in [1.54, 1.807) is 0 Å². The monoisotopic (exact) mass is 341 g/mol. The smallest absolute Gasteiger partial charge is 0.0698 e. The van der Waals surface area contributed by atoms with E-state index in [1.807, 2.05) is 6.20 Å². The Hall–Kier alpha value is -0.350. The summed E-state index contributed by atoms with van der Waals surface area (Å²) in [4.78, 5) is 0. The first-order valence-electron chi connectivity index (χ1n) is 7.89. The minimum atomic E-state index is 0.383. The van der Waals surface area contributed by atoms with Crippen LogP contribution in [0.2, 0.25) is 0 Å². The molecule has 2 rings (SSSR count). The van der Waals surface area contributed by atoms with Gasteiger partial charge in [0.1, 0.15) is 0 Å². The van der Waals surface area contributed by atoms with Crippen LogP contribution in [-0.4, -0.2) is 16.8 Å². The molecule has 2 unspecified atom stereocenters. The fourth-order valence-corrected chi connectivity index (χ4v) is 4.28. The molecule has 1 N–H and O–H groups in total. The fraction of sp³-hybridized carbons (Fsp3) is 0.812. The molecular formula is C16H28BrN3. The summed E-state index contributed by atoms with van der Waals surface area (Å²) in [7, 11) is 2.09. The normalized spacial score (nSPS) is 23.8. The molecule has 1 aliphatic carbocycles. The van der Waals surface area contributed by atoms with Gasteiger partial charge < -0.3 is 5.32 Å². The maximum absolute atomic E-state index is 4.55. The van der Waals surface area contributed by atoms with Crippen LogP contribution < -0.4 is 5.32 Å². The van der Waals surface area contributed by atoms with Crippen molar-refractivity contribution in [2.24, 2.45) is 11.3 Å². The van der Waals surface area contributed by atoms with Gasteiger partial charge in [0.2, 0.25) is 0 Å². The zero-order chi connectivity index (χ0) is 14.8. The second-order valence-corrected chi connectivity index (χ2v) is 7.56. The zero-order valence-corrected chi connectivity index (χ0v) is 14.8. The topological polar surface area (TPSA) is 29.9 Å². The van der Waals surface area contributed by atoms with Crippen LogP contribution in [-0.2, 0) is 6.54 Å². The fourth-order valence-electron chi connectivity index (χ4n) is 3.74. The van der Waals surface area contributed by atoms with Gasteiger partial charge in [-0.05, 0) is 53.6 Å². The quantitative estimate of drug-likeness (QED) is 0.852. The first-order chi connectivity index (χ1) is 9.51. The Morgan fingerprint density at radius 2 is 2.25 bits per heavy atom. The summed E-state index contributed by atoms with van der Waals surface area (Å²) in [6.45, 7) is 8.05. The molecule has 2 atom stereocenters. The summed E-state index contributed by atoms with van der Waals surface area (Å²) in [6.07, 6.45) is 8.43. The van der Waals surface area contributed by atoms with Crippen molar-refractivity contribution in [2.75, 3.05) is 7.05 Å². The van der Waals surface area contributed by atoms with Gasteiger partial charge in [0.15, 0.2) is 0 Å². The Labute approximate surface area is 131 Å². The van der Waals surface area contributed by atoms with Gasteiger partial charge in [-0.3, -0.25) is 4.68 Å². The van der Waals surface area contributed by atoms with Crippen molar-refractivity contribution in [2.45, 2.75) is 65.5 Å². The van der Waals surface area contributed by atoms with Crippen molar-refractivity contribution in [3.05, 3.63) is 16.4 Å². The number of rotatable bonds is 5. The van der Waals surface area contributed by atoms with Crippen LogP contribution in [0.1, 0.15) is 64.6 Å². The highest BCUT2D eigenvalue weighted by molar-refractivity contribution is 9.10. The molecule has 1 saturated carbocycles. The third-order valence-corrected chi connectivity index (χ3v) is 5.48. The lowest BCUT2D eigenvalue weighted by molar-refractivity contribution is 0.0974. The number of aryl methyl sites for hydroxylation is 1. The van der Waals surface area contributed by atoms with E-state index < -0.39 is 0 Å². The van der Waals surface area contributed by atoms with Gasteiger partial charge in [0.05, 0.1) is 22.4 Å². The Morgan fingerprint density at radius 1 is 1.50 bits per heavy atom. The highest BCUT2D eigenvalue weighted by Gasteiger charge is 2.39. The third-order valence-electron chi connectivity index (χ3n) is 4.87. The maximum atomic E-state index is 4.55.